The number of nitrogens with two attached hydrogens (primary N) is 1. The van der Waals surface area contributed by atoms with E-state index in [4.69, 9.17) is 5.73 Å². The van der Waals surface area contributed by atoms with E-state index in [1.54, 1.807) is 11.5 Å². The molecular formula is C13H13BrN2S. The van der Waals surface area contributed by atoms with Gasteiger partial charge in [-0.25, -0.2) is 0 Å². The maximum atomic E-state index is 5.68. The minimum absolute atomic E-state index is 0.668. The first-order chi connectivity index (χ1) is 8.28. The van der Waals surface area contributed by atoms with Crippen LogP contribution in [0.25, 0.3) is 11.3 Å². The van der Waals surface area contributed by atoms with Gasteiger partial charge in [0.15, 0.2) is 0 Å². The SMILES string of the molecule is NCC1CC1c1cc(-c2ccc(Br)cc2)ns1. The third kappa shape index (κ3) is 2.30. The Labute approximate surface area is 113 Å². The van der Waals surface area contributed by atoms with Gasteiger partial charge in [0.1, 0.15) is 0 Å². The average molecular weight is 309 g/mol. The molecule has 1 fully saturated rings. The molecule has 1 aromatic carbocycles. The summed E-state index contributed by atoms with van der Waals surface area (Å²) in [5.74, 6) is 1.36. The van der Waals surface area contributed by atoms with E-state index in [1.165, 1.54) is 16.9 Å². The molecular weight excluding hydrogens is 296 g/mol. The molecule has 0 spiro atoms. The van der Waals surface area contributed by atoms with Gasteiger partial charge in [0.05, 0.1) is 5.69 Å². The summed E-state index contributed by atoms with van der Waals surface area (Å²) < 4.78 is 5.63. The summed E-state index contributed by atoms with van der Waals surface area (Å²) in [5.41, 5.74) is 7.94. The van der Waals surface area contributed by atoms with E-state index in [9.17, 15) is 0 Å². The molecule has 88 valence electrons. The van der Waals surface area contributed by atoms with Crippen LogP contribution in [0.3, 0.4) is 0 Å². The van der Waals surface area contributed by atoms with Crippen molar-refractivity contribution in [3.63, 3.8) is 0 Å². The molecule has 2 nitrogen and oxygen atoms in total. The van der Waals surface area contributed by atoms with Gasteiger partial charge < -0.3 is 5.73 Å². The number of aromatic nitrogens is 1. The van der Waals surface area contributed by atoms with Crippen LogP contribution in [0.4, 0.5) is 0 Å². The zero-order valence-corrected chi connectivity index (χ0v) is 11.7. The molecule has 4 heteroatoms. The molecule has 0 amide bonds. The van der Waals surface area contributed by atoms with Gasteiger partial charge in [0, 0.05) is 14.9 Å². The lowest BCUT2D eigenvalue weighted by Crippen LogP contribution is -2.01. The van der Waals surface area contributed by atoms with E-state index < -0.39 is 0 Å². The first kappa shape index (κ1) is 11.4. The van der Waals surface area contributed by atoms with Crippen molar-refractivity contribution in [2.45, 2.75) is 12.3 Å². The first-order valence-corrected chi connectivity index (χ1v) is 7.27. The van der Waals surface area contributed by atoms with Crippen molar-refractivity contribution in [1.29, 1.82) is 0 Å². The predicted molar refractivity (Wildman–Crippen MR) is 75.2 cm³/mol. The summed E-state index contributed by atoms with van der Waals surface area (Å²) >= 11 is 5.06. The van der Waals surface area contributed by atoms with Gasteiger partial charge in [-0.3, -0.25) is 0 Å². The zero-order chi connectivity index (χ0) is 11.8. The van der Waals surface area contributed by atoms with Crippen LogP contribution in [0.15, 0.2) is 34.8 Å². The molecule has 0 aliphatic heterocycles. The molecule has 2 unspecified atom stereocenters. The van der Waals surface area contributed by atoms with Gasteiger partial charge in [0.25, 0.3) is 0 Å². The number of hydrogen-bond donors (Lipinski definition) is 1. The molecule has 3 rings (SSSR count). The molecule has 1 aromatic heterocycles. The summed E-state index contributed by atoms with van der Waals surface area (Å²) in [6.07, 6.45) is 1.23. The van der Waals surface area contributed by atoms with E-state index >= 15 is 0 Å². The van der Waals surface area contributed by atoms with E-state index in [2.05, 4.69) is 38.5 Å². The average Bonchev–Trinajstić information content (AvgIpc) is 2.99. The Morgan fingerprint density at radius 2 is 2.12 bits per heavy atom. The van der Waals surface area contributed by atoms with Crippen molar-refractivity contribution >= 4 is 27.5 Å². The highest BCUT2D eigenvalue weighted by atomic mass is 79.9. The lowest BCUT2D eigenvalue weighted by molar-refractivity contribution is 0.815. The van der Waals surface area contributed by atoms with Crippen LogP contribution in [-0.4, -0.2) is 10.9 Å². The Morgan fingerprint density at radius 1 is 1.35 bits per heavy atom. The van der Waals surface area contributed by atoms with Gasteiger partial charge in [-0.1, -0.05) is 28.1 Å². The monoisotopic (exact) mass is 308 g/mol. The lowest BCUT2D eigenvalue weighted by Gasteiger charge is -1.95. The van der Waals surface area contributed by atoms with Crippen LogP contribution in [0, 0.1) is 5.92 Å². The Bertz CT molecular complexity index is 520. The van der Waals surface area contributed by atoms with Gasteiger partial charge in [-0.05, 0) is 54.5 Å². The molecule has 2 aromatic rings. The molecule has 1 saturated carbocycles. The van der Waals surface area contributed by atoms with Crippen LogP contribution in [-0.2, 0) is 0 Å². The van der Waals surface area contributed by atoms with E-state index in [0.717, 1.165) is 16.7 Å². The lowest BCUT2D eigenvalue weighted by atomic mass is 10.1. The predicted octanol–water partition coefficient (Wildman–Crippen LogP) is 3.63. The molecule has 0 bridgehead atoms. The summed E-state index contributed by atoms with van der Waals surface area (Å²) in [6, 6.07) is 10.5. The Morgan fingerprint density at radius 3 is 2.76 bits per heavy atom. The van der Waals surface area contributed by atoms with E-state index in [0.29, 0.717) is 11.8 Å². The van der Waals surface area contributed by atoms with Crippen molar-refractivity contribution in [3.05, 3.63) is 39.7 Å². The molecule has 0 radical (unpaired) electrons. The number of nitrogens with zero attached hydrogens (tertiary/aromatic N) is 1. The quantitative estimate of drug-likeness (QED) is 0.940. The largest absolute Gasteiger partial charge is 0.330 e. The maximum absolute atomic E-state index is 5.68. The van der Waals surface area contributed by atoms with Gasteiger partial charge in [0.2, 0.25) is 0 Å². The summed E-state index contributed by atoms with van der Waals surface area (Å²) in [6.45, 7) is 0.802. The van der Waals surface area contributed by atoms with Crippen LogP contribution < -0.4 is 5.73 Å². The topological polar surface area (TPSA) is 38.9 Å². The van der Waals surface area contributed by atoms with Gasteiger partial charge >= 0.3 is 0 Å². The van der Waals surface area contributed by atoms with E-state index in [1.807, 2.05) is 12.1 Å². The highest BCUT2D eigenvalue weighted by molar-refractivity contribution is 9.10. The van der Waals surface area contributed by atoms with Gasteiger partial charge in [-0.15, -0.1) is 0 Å². The zero-order valence-electron chi connectivity index (χ0n) is 9.27. The minimum Gasteiger partial charge on any atom is -0.330 e. The van der Waals surface area contributed by atoms with Gasteiger partial charge in [-0.2, -0.15) is 4.37 Å². The second-order valence-electron chi connectivity index (χ2n) is 4.46. The smallest absolute Gasteiger partial charge is 0.0843 e. The van der Waals surface area contributed by atoms with Crippen LogP contribution in [0.2, 0.25) is 0 Å². The van der Waals surface area contributed by atoms with Crippen molar-refractivity contribution in [2.75, 3.05) is 6.54 Å². The molecule has 2 N–H and O–H groups in total. The first-order valence-electron chi connectivity index (χ1n) is 5.70. The molecule has 1 heterocycles. The fourth-order valence-corrected chi connectivity index (χ4v) is 3.29. The van der Waals surface area contributed by atoms with Crippen molar-refractivity contribution < 1.29 is 0 Å². The van der Waals surface area contributed by atoms with Crippen molar-refractivity contribution in [3.8, 4) is 11.3 Å². The fourth-order valence-electron chi connectivity index (χ4n) is 2.08. The highest BCUT2D eigenvalue weighted by Crippen LogP contribution is 2.48. The Kier molecular flexibility index (Phi) is 3.03. The minimum atomic E-state index is 0.668. The molecule has 1 aliphatic carbocycles. The molecule has 1 aliphatic rings. The summed E-state index contributed by atoms with van der Waals surface area (Å²) in [5, 5.41) is 0. The summed E-state index contributed by atoms with van der Waals surface area (Å²) in [4.78, 5) is 1.39. The van der Waals surface area contributed by atoms with Crippen LogP contribution in [0.1, 0.15) is 17.2 Å². The maximum Gasteiger partial charge on any atom is 0.0843 e. The number of halogens is 1. The van der Waals surface area contributed by atoms with Crippen LogP contribution >= 0.6 is 27.5 Å². The number of rotatable bonds is 3. The number of benzene rings is 1. The highest BCUT2D eigenvalue weighted by Gasteiger charge is 2.38. The van der Waals surface area contributed by atoms with Crippen molar-refractivity contribution in [2.24, 2.45) is 11.7 Å². The van der Waals surface area contributed by atoms with Crippen LogP contribution in [0.5, 0.6) is 0 Å². The van der Waals surface area contributed by atoms with E-state index in [-0.39, 0.29) is 0 Å². The second-order valence-corrected chi connectivity index (χ2v) is 6.21. The molecule has 0 saturated heterocycles. The standard InChI is InChI=1S/C13H13BrN2S/c14-10-3-1-8(2-4-10)12-6-13(17-16-12)11-5-9(11)7-15/h1-4,6,9,11H,5,7,15H2. The Balaban J connectivity index is 1.83. The fraction of sp³-hybridized carbons (Fsp3) is 0.308. The second kappa shape index (κ2) is 4.52. The summed E-state index contributed by atoms with van der Waals surface area (Å²) in [7, 11) is 0. The third-order valence-electron chi connectivity index (χ3n) is 3.26. The molecule has 17 heavy (non-hydrogen) atoms. The van der Waals surface area contributed by atoms with Crippen molar-refractivity contribution in [1.82, 2.24) is 4.37 Å². The number of hydrogen-bond acceptors (Lipinski definition) is 3. The normalized spacial score (nSPS) is 22.7. The Hall–Kier alpha value is -0.710. The molecule has 2 atom stereocenters. The third-order valence-corrected chi connectivity index (χ3v) is 4.71.